The Morgan fingerprint density at radius 1 is 1.14 bits per heavy atom. The van der Waals surface area contributed by atoms with Gasteiger partial charge in [0.1, 0.15) is 23.2 Å². The largest absolute Gasteiger partial charge is 0.486 e. The number of para-hydroxylation sites is 1. The SMILES string of the molecule is CCOCCCN1C(=O)/C(=C/c2cn(-c3ccccc3)nc2-c2ccc3c(c2)OCCO3)SC1=S. The van der Waals surface area contributed by atoms with Gasteiger partial charge in [0.15, 0.2) is 11.5 Å². The summed E-state index contributed by atoms with van der Waals surface area (Å²) in [6.45, 7) is 4.80. The Bertz CT molecular complexity index is 1270. The van der Waals surface area contributed by atoms with Crippen molar-refractivity contribution in [3.8, 4) is 28.4 Å². The number of hydrogen-bond acceptors (Lipinski definition) is 7. The molecule has 0 aliphatic carbocycles. The average molecular weight is 508 g/mol. The zero-order valence-corrected chi connectivity index (χ0v) is 20.9. The second-order valence-corrected chi connectivity index (χ2v) is 9.63. The van der Waals surface area contributed by atoms with E-state index in [9.17, 15) is 4.79 Å². The quantitative estimate of drug-likeness (QED) is 0.243. The van der Waals surface area contributed by atoms with Crippen LogP contribution in [0.5, 0.6) is 11.5 Å². The van der Waals surface area contributed by atoms with E-state index in [0.29, 0.717) is 47.9 Å². The van der Waals surface area contributed by atoms with Crippen LogP contribution in [-0.4, -0.2) is 57.9 Å². The predicted molar refractivity (Wildman–Crippen MR) is 141 cm³/mol. The Morgan fingerprint density at radius 2 is 1.94 bits per heavy atom. The highest BCUT2D eigenvalue weighted by molar-refractivity contribution is 8.26. The van der Waals surface area contributed by atoms with E-state index in [0.717, 1.165) is 34.7 Å². The number of rotatable bonds is 8. The zero-order chi connectivity index (χ0) is 24.2. The Hall–Kier alpha value is -3.14. The monoisotopic (exact) mass is 507 g/mol. The number of fused-ring (bicyclic) bond motifs is 1. The lowest BCUT2D eigenvalue weighted by Gasteiger charge is -2.18. The summed E-state index contributed by atoms with van der Waals surface area (Å²) in [5.41, 5.74) is 3.37. The third kappa shape index (κ3) is 5.12. The molecule has 1 fully saturated rings. The number of nitrogens with zero attached hydrogens (tertiary/aromatic N) is 3. The zero-order valence-electron chi connectivity index (χ0n) is 19.3. The lowest BCUT2D eigenvalue weighted by molar-refractivity contribution is -0.122. The van der Waals surface area contributed by atoms with E-state index in [1.807, 2.05) is 72.4 Å². The van der Waals surface area contributed by atoms with Crippen LogP contribution in [0.15, 0.2) is 59.6 Å². The van der Waals surface area contributed by atoms with Crippen molar-refractivity contribution in [2.75, 3.05) is 33.0 Å². The maximum atomic E-state index is 13.1. The molecule has 3 heterocycles. The number of aromatic nitrogens is 2. The maximum absolute atomic E-state index is 13.1. The van der Waals surface area contributed by atoms with Crippen LogP contribution >= 0.6 is 24.0 Å². The smallest absolute Gasteiger partial charge is 0.266 e. The van der Waals surface area contributed by atoms with Crippen LogP contribution in [0.4, 0.5) is 0 Å². The number of ether oxygens (including phenoxy) is 3. The first-order valence-electron chi connectivity index (χ1n) is 11.5. The van der Waals surface area contributed by atoms with E-state index in [4.69, 9.17) is 31.5 Å². The van der Waals surface area contributed by atoms with Gasteiger partial charge in [0.05, 0.1) is 10.6 Å². The summed E-state index contributed by atoms with van der Waals surface area (Å²) in [6.07, 6.45) is 4.55. The summed E-state index contributed by atoms with van der Waals surface area (Å²) in [4.78, 5) is 15.4. The van der Waals surface area contributed by atoms with Crippen molar-refractivity contribution in [3.05, 3.63) is 65.2 Å². The van der Waals surface area contributed by atoms with Gasteiger partial charge in [0, 0.05) is 37.1 Å². The molecule has 35 heavy (non-hydrogen) atoms. The molecule has 3 aromatic rings. The minimum absolute atomic E-state index is 0.0860. The van der Waals surface area contributed by atoms with Gasteiger partial charge in [-0.25, -0.2) is 4.68 Å². The van der Waals surface area contributed by atoms with Crippen LogP contribution in [0.1, 0.15) is 18.9 Å². The van der Waals surface area contributed by atoms with Crippen molar-refractivity contribution in [1.29, 1.82) is 0 Å². The fourth-order valence-electron chi connectivity index (χ4n) is 3.92. The number of thiocarbonyl (C=S) groups is 1. The Balaban J connectivity index is 1.49. The molecule has 0 bridgehead atoms. The molecule has 0 saturated carbocycles. The Morgan fingerprint density at radius 3 is 2.74 bits per heavy atom. The maximum Gasteiger partial charge on any atom is 0.266 e. The first-order chi connectivity index (χ1) is 17.1. The molecule has 2 aliphatic rings. The summed E-state index contributed by atoms with van der Waals surface area (Å²) in [7, 11) is 0. The van der Waals surface area contributed by atoms with E-state index in [1.165, 1.54) is 11.8 Å². The van der Waals surface area contributed by atoms with Crippen molar-refractivity contribution < 1.29 is 19.0 Å². The molecule has 2 aromatic carbocycles. The molecular weight excluding hydrogens is 482 g/mol. The molecule has 1 aromatic heterocycles. The van der Waals surface area contributed by atoms with Crippen LogP contribution in [0.2, 0.25) is 0 Å². The molecule has 9 heteroatoms. The van der Waals surface area contributed by atoms with Crippen molar-refractivity contribution in [2.24, 2.45) is 0 Å². The summed E-state index contributed by atoms with van der Waals surface area (Å²) < 4.78 is 19.2. The van der Waals surface area contributed by atoms with Crippen LogP contribution in [0, 0.1) is 0 Å². The van der Waals surface area contributed by atoms with Crippen LogP contribution in [0.25, 0.3) is 23.0 Å². The summed E-state index contributed by atoms with van der Waals surface area (Å²) in [5, 5.41) is 4.87. The minimum atomic E-state index is -0.0860. The molecule has 0 atom stereocenters. The van der Waals surface area contributed by atoms with Crippen molar-refractivity contribution >= 4 is 40.3 Å². The topological polar surface area (TPSA) is 65.8 Å². The van der Waals surface area contributed by atoms with E-state index >= 15 is 0 Å². The molecule has 0 spiro atoms. The molecular formula is C26H25N3O4S2. The van der Waals surface area contributed by atoms with Gasteiger partial charge in [0.2, 0.25) is 0 Å². The highest BCUT2D eigenvalue weighted by Gasteiger charge is 2.32. The minimum Gasteiger partial charge on any atom is -0.486 e. The molecule has 5 rings (SSSR count). The molecule has 0 N–H and O–H groups in total. The van der Waals surface area contributed by atoms with Gasteiger partial charge in [0.25, 0.3) is 5.91 Å². The van der Waals surface area contributed by atoms with Gasteiger partial charge in [-0.15, -0.1) is 0 Å². The number of thioether (sulfide) groups is 1. The molecule has 7 nitrogen and oxygen atoms in total. The van der Waals surface area contributed by atoms with Crippen LogP contribution in [-0.2, 0) is 9.53 Å². The molecule has 0 unspecified atom stereocenters. The first-order valence-corrected chi connectivity index (χ1v) is 12.7. The van der Waals surface area contributed by atoms with Crippen molar-refractivity contribution in [1.82, 2.24) is 14.7 Å². The highest BCUT2D eigenvalue weighted by Crippen LogP contribution is 2.38. The number of carbonyl (C=O) groups is 1. The Labute approximate surface area is 213 Å². The summed E-state index contributed by atoms with van der Waals surface area (Å²) in [5.74, 6) is 1.32. The number of carbonyl (C=O) groups excluding carboxylic acids is 1. The van der Waals surface area contributed by atoms with Crippen molar-refractivity contribution in [2.45, 2.75) is 13.3 Å². The molecule has 2 aliphatic heterocycles. The van der Waals surface area contributed by atoms with E-state index in [2.05, 4.69) is 0 Å². The van der Waals surface area contributed by atoms with E-state index < -0.39 is 0 Å². The molecule has 1 amide bonds. The molecule has 180 valence electrons. The normalized spacial score (nSPS) is 16.4. The molecule has 1 saturated heterocycles. The lowest BCUT2D eigenvalue weighted by atomic mass is 10.1. The van der Waals surface area contributed by atoms with Crippen molar-refractivity contribution in [3.63, 3.8) is 0 Å². The standard InChI is InChI=1S/C26H25N3O4S2/c1-2-31-12-6-11-28-25(30)23(35-26(28)34)16-19-17-29(20-7-4-3-5-8-20)27-24(19)18-9-10-21-22(15-18)33-14-13-32-21/h3-5,7-10,15-17H,2,6,11-14H2,1H3/b23-16-. The van der Waals surface area contributed by atoms with Gasteiger partial charge in [-0.05, 0) is 49.8 Å². The third-order valence-corrected chi connectivity index (χ3v) is 6.99. The fraction of sp³-hybridized carbons (Fsp3) is 0.269. The second-order valence-electron chi connectivity index (χ2n) is 7.96. The lowest BCUT2D eigenvalue weighted by Crippen LogP contribution is -2.29. The van der Waals surface area contributed by atoms with Crippen LogP contribution < -0.4 is 9.47 Å². The highest BCUT2D eigenvalue weighted by atomic mass is 32.2. The van der Waals surface area contributed by atoms with Gasteiger partial charge < -0.3 is 14.2 Å². The van der Waals surface area contributed by atoms with Gasteiger partial charge >= 0.3 is 0 Å². The summed E-state index contributed by atoms with van der Waals surface area (Å²) >= 11 is 6.82. The van der Waals surface area contributed by atoms with E-state index in [-0.39, 0.29) is 5.91 Å². The average Bonchev–Trinajstić information content (AvgIpc) is 3.43. The van der Waals surface area contributed by atoms with Gasteiger partial charge in [-0.1, -0.05) is 42.2 Å². The predicted octanol–water partition coefficient (Wildman–Crippen LogP) is 4.94. The Kier molecular flexibility index (Phi) is 7.17. The van der Waals surface area contributed by atoms with Gasteiger partial charge in [-0.3, -0.25) is 9.69 Å². The number of benzene rings is 2. The van der Waals surface area contributed by atoms with E-state index in [1.54, 1.807) is 4.90 Å². The van der Waals surface area contributed by atoms with Crippen LogP contribution in [0.3, 0.4) is 0 Å². The second kappa shape index (κ2) is 10.6. The number of amides is 1. The first kappa shape index (κ1) is 23.6. The van der Waals surface area contributed by atoms with Gasteiger partial charge in [-0.2, -0.15) is 5.10 Å². The third-order valence-electron chi connectivity index (χ3n) is 5.61. The molecule has 0 radical (unpaired) electrons. The number of hydrogen-bond donors (Lipinski definition) is 0. The summed E-state index contributed by atoms with van der Waals surface area (Å²) in [6, 6.07) is 15.7. The fourth-order valence-corrected chi connectivity index (χ4v) is 5.22.